The Morgan fingerprint density at radius 2 is 1.91 bits per heavy atom. The summed E-state index contributed by atoms with van der Waals surface area (Å²) in [6.07, 6.45) is 2.70. The molecule has 0 saturated carbocycles. The van der Waals surface area contributed by atoms with Crippen molar-refractivity contribution in [2.45, 2.75) is 31.1 Å². The number of nitrogens with zero attached hydrogens (tertiary/aromatic N) is 2. The number of aromatic nitrogens is 2. The number of nitrogens with one attached hydrogen (secondary N) is 2. The Morgan fingerprint density at radius 3 is 2.63 bits per heavy atom. The van der Waals surface area contributed by atoms with Gasteiger partial charge in [0.2, 0.25) is 10.0 Å². The number of rotatable bonds is 7. The van der Waals surface area contributed by atoms with Gasteiger partial charge in [0, 0.05) is 36.1 Å². The SMILES string of the molecule is Cc1cc(=O)[nH]c(-c2cccc(NC(=O)COc3ccc(S(=O)(=O)N4CCCCC4)cc3Cl)c2)n1. The molecule has 1 aromatic heterocycles. The maximum absolute atomic E-state index is 12.8. The third kappa shape index (κ3) is 6.08. The molecule has 1 aliphatic rings. The highest BCUT2D eigenvalue weighted by atomic mass is 35.5. The number of sulfonamides is 1. The number of aromatic amines is 1. The first-order valence-electron chi connectivity index (χ1n) is 11.1. The summed E-state index contributed by atoms with van der Waals surface area (Å²) < 4.78 is 32.6. The van der Waals surface area contributed by atoms with E-state index in [2.05, 4.69) is 15.3 Å². The van der Waals surface area contributed by atoms with Gasteiger partial charge in [-0.25, -0.2) is 13.4 Å². The van der Waals surface area contributed by atoms with Gasteiger partial charge in [-0.15, -0.1) is 0 Å². The van der Waals surface area contributed by atoms with Crippen molar-refractivity contribution in [3.8, 4) is 17.1 Å². The molecule has 0 unspecified atom stereocenters. The van der Waals surface area contributed by atoms with Gasteiger partial charge < -0.3 is 15.0 Å². The van der Waals surface area contributed by atoms with Crippen LogP contribution in [0.5, 0.6) is 5.75 Å². The smallest absolute Gasteiger partial charge is 0.262 e. The number of halogens is 1. The molecule has 0 spiro atoms. The predicted molar refractivity (Wildman–Crippen MR) is 133 cm³/mol. The van der Waals surface area contributed by atoms with Crippen LogP contribution in [0.1, 0.15) is 25.0 Å². The zero-order valence-electron chi connectivity index (χ0n) is 19.1. The summed E-state index contributed by atoms with van der Waals surface area (Å²) in [7, 11) is -3.62. The minimum absolute atomic E-state index is 0.0980. The van der Waals surface area contributed by atoms with Crippen molar-refractivity contribution in [2.75, 3.05) is 25.0 Å². The number of piperidine rings is 1. The van der Waals surface area contributed by atoms with Gasteiger partial charge in [0.1, 0.15) is 11.6 Å². The molecule has 2 aromatic carbocycles. The van der Waals surface area contributed by atoms with Crippen molar-refractivity contribution >= 4 is 33.2 Å². The number of anilines is 1. The Labute approximate surface area is 208 Å². The highest BCUT2D eigenvalue weighted by molar-refractivity contribution is 7.89. The first-order chi connectivity index (χ1) is 16.7. The molecule has 2 heterocycles. The number of carbonyl (C=O) groups is 1. The van der Waals surface area contributed by atoms with E-state index in [1.165, 1.54) is 28.6 Å². The highest BCUT2D eigenvalue weighted by Crippen LogP contribution is 2.30. The van der Waals surface area contributed by atoms with E-state index in [-0.39, 0.29) is 27.8 Å². The van der Waals surface area contributed by atoms with E-state index < -0.39 is 15.9 Å². The fourth-order valence-corrected chi connectivity index (χ4v) is 5.66. The predicted octanol–water partition coefficient (Wildman–Crippen LogP) is 3.59. The zero-order valence-corrected chi connectivity index (χ0v) is 20.7. The Hall–Kier alpha value is -3.21. The molecule has 1 amide bonds. The van der Waals surface area contributed by atoms with E-state index in [9.17, 15) is 18.0 Å². The fraction of sp³-hybridized carbons (Fsp3) is 0.292. The molecule has 1 saturated heterocycles. The summed E-state index contributed by atoms with van der Waals surface area (Å²) in [6.45, 7) is 2.38. The standard InChI is InChI=1S/C24H25ClN4O5S/c1-16-12-22(30)28-24(26-16)17-6-5-7-18(13-17)27-23(31)15-34-21-9-8-19(14-20(21)25)35(32,33)29-10-3-2-4-11-29/h5-9,12-14H,2-4,10-11,15H2,1H3,(H,27,31)(H,26,28,30). The second kappa shape index (κ2) is 10.6. The quantitative estimate of drug-likeness (QED) is 0.495. The van der Waals surface area contributed by atoms with Crippen LogP contribution >= 0.6 is 11.6 Å². The maximum atomic E-state index is 12.8. The molecule has 0 atom stereocenters. The molecule has 1 fully saturated rings. The summed E-state index contributed by atoms with van der Waals surface area (Å²) >= 11 is 6.26. The van der Waals surface area contributed by atoms with Crippen LogP contribution in [0.3, 0.4) is 0 Å². The monoisotopic (exact) mass is 516 g/mol. The van der Waals surface area contributed by atoms with Crippen LogP contribution in [-0.4, -0.2) is 48.3 Å². The summed E-state index contributed by atoms with van der Waals surface area (Å²) in [5.74, 6) is 0.164. The first-order valence-corrected chi connectivity index (χ1v) is 12.9. The van der Waals surface area contributed by atoms with Gasteiger partial charge in [-0.3, -0.25) is 9.59 Å². The molecule has 0 aliphatic carbocycles. The van der Waals surface area contributed by atoms with E-state index in [0.29, 0.717) is 35.9 Å². The lowest BCUT2D eigenvalue weighted by Gasteiger charge is -2.26. The van der Waals surface area contributed by atoms with Crippen molar-refractivity contribution in [1.82, 2.24) is 14.3 Å². The summed E-state index contributed by atoms with van der Waals surface area (Å²) in [5.41, 5.74) is 1.45. The van der Waals surface area contributed by atoms with Crippen LogP contribution in [-0.2, 0) is 14.8 Å². The molecule has 0 bridgehead atoms. The Bertz CT molecular complexity index is 1400. The topological polar surface area (TPSA) is 121 Å². The summed E-state index contributed by atoms with van der Waals surface area (Å²) in [5, 5.41) is 2.82. The van der Waals surface area contributed by atoms with Gasteiger partial charge in [-0.05, 0) is 50.1 Å². The third-order valence-electron chi connectivity index (χ3n) is 5.50. The van der Waals surface area contributed by atoms with Gasteiger partial charge >= 0.3 is 0 Å². The van der Waals surface area contributed by atoms with E-state index in [4.69, 9.17) is 16.3 Å². The molecule has 35 heavy (non-hydrogen) atoms. The second-order valence-electron chi connectivity index (χ2n) is 8.21. The van der Waals surface area contributed by atoms with Crippen LogP contribution in [0.2, 0.25) is 5.02 Å². The number of ether oxygens (including phenoxy) is 1. The third-order valence-corrected chi connectivity index (χ3v) is 7.69. The van der Waals surface area contributed by atoms with Gasteiger partial charge in [-0.1, -0.05) is 30.2 Å². The Kier molecular flexibility index (Phi) is 7.54. The molecule has 2 N–H and O–H groups in total. The van der Waals surface area contributed by atoms with Crippen LogP contribution in [0, 0.1) is 6.92 Å². The van der Waals surface area contributed by atoms with Gasteiger partial charge in [-0.2, -0.15) is 4.31 Å². The van der Waals surface area contributed by atoms with Crippen LogP contribution in [0.4, 0.5) is 5.69 Å². The van der Waals surface area contributed by atoms with Gasteiger partial charge in [0.15, 0.2) is 6.61 Å². The molecule has 1 aliphatic heterocycles. The van der Waals surface area contributed by atoms with Crippen molar-refractivity contribution in [3.63, 3.8) is 0 Å². The average Bonchev–Trinajstić information content (AvgIpc) is 2.83. The van der Waals surface area contributed by atoms with Gasteiger partial charge in [0.05, 0.1) is 9.92 Å². The number of amides is 1. The van der Waals surface area contributed by atoms with Crippen molar-refractivity contribution < 1.29 is 17.9 Å². The van der Waals surface area contributed by atoms with Crippen LogP contribution in [0.15, 0.2) is 58.2 Å². The summed E-state index contributed by atoms with van der Waals surface area (Å²) in [6, 6.07) is 12.5. The number of carbonyl (C=O) groups excluding carboxylic acids is 1. The molecule has 11 heteroatoms. The molecular weight excluding hydrogens is 492 g/mol. The lowest BCUT2D eigenvalue weighted by atomic mass is 10.2. The van der Waals surface area contributed by atoms with Crippen molar-refractivity contribution in [2.24, 2.45) is 0 Å². The molecular formula is C24H25ClN4O5S. The molecule has 4 rings (SSSR count). The summed E-state index contributed by atoms with van der Waals surface area (Å²) in [4.78, 5) is 31.2. The molecule has 0 radical (unpaired) electrons. The van der Waals surface area contributed by atoms with Crippen molar-refractivity contribution in [3.05, 3.63) is 69.6 Å². The molecule has 184 valence electrons. The minimum atomic E-state index is -3.62. The number of hydrogen-bond acceptors (Lipinski definition) is 6. The zero-order chi connectivity index (χ0) is 25.0. The van der Waals surface area contributed by atoms with Crippen LogP contribution < -0.4 is 15.6 Å². The molecule has 9 nitrogen and oxygen atoms in total. The van der Waals surface area contributed by atoms with E-state index in [1.54, 1.807) is 31.2 Å². The highest BCUT2D eigenvalue weighted by Gasteiger charge is 2.26. The van der Waals surface area contributed by atoms with Crippen molar-refractivity contribution in [1.29, 1.82) is 0 Å². The lowest BCUT2D eigenvalue weighted by Crippen LogP contribution is -2.35. The number of aryl methyl sites for hydroxylation is 1. The second-order valence-corrected chi connectivity index (χ2v) is 10.6. The average molecular weight is 517 g/mol. The maximum Gasteiger partial charge on any atom is 0.262 e. The van der Waals surface area contributed by atoms with Crippen LogP contribution in [0.25, 0.3) is 11.4 Å². The largest absolute Gasteiger partial charge is 0.482 e. The number of H-pyrrole nitrogens is 1. The Morgan fingerprint density at radius 1 is 1.14 bits per heavy atom. The first kappa shape index (κ1) is 24.9. The normalized spacial score (nSPS) is 14.5. The van der Waals surface area contributed by atoms with E-state index >= 15 is 0 Å². The Balaban J connectivity index is 1.40. The number of benzene rings is 2. The van der Waals surface area contributed by atoms with E-state index in [0.717, 1.165) is 19.3 Å². The fourth-order valence-electron chi connectivity index (χ4n) is 3.81. The minimum Gasteiger partial charge on any atom is -0.482 e. The van der Waals surface area contributed by atoms with Gasteiger partial charge in [0.25, 0.3) is 11.5 Å². The molecule has 3 aromatic rings. The lowest BCUT2D eigenvalue weighted by molar-refractivity contribution is -0.118. The number of hydrogen-bond donors (Lipinski definition) is 2. The van der Waals surface area contributed by atoms with E-state index in [1.807, 2.05) is 0 Å².